The van der Waals surface area contributed by atoms with Crippen molar-refractivity contribution < 1.29 is 28.5 Å². The Bertz CT molecular complexity index is 1150. The molecule has 6 heteroatoms. The molecule has 0 bridgehead atoms. The van der Waals surface area contributed by atoms with E-state index in [-0.39, 0.29) is 13.2 Å². The summed E-state index contributed by atoms with van der Waals surface area (Å²) in [6.45, 7) is 8.46. The smallest absolute Gasteiger partial charge is 0.344 e. The van der Waals surface area contributed by atoms with Crippen LogP contribution in [0, 0.1) is 0 Å². The van der Waals surface area contributed by atoms with Gasteiger partial charge in [-0.3, -0.25) is 0 Å². The number of carbonyl (C=O) groups excluding carboxylic acids is 2. The van der Waals surface area contributed by atoms with Gasteiger partial charge in [-0.15, -0.1) is 0 Å². The summed E-state index contributed by atoms with van der Waals surface area (Å²) in [6.07, 6.45) is 3.14. The van der Waals surface area contributed by atoms with Crippen LogP contribution in [0.1, 0.15) is 51.7 Å². The lowest BCUT2D eigenvalue weighted by atomic mass is 9.93. The Morgan fingerprint density at radius 3 is 1.79 bits per heavy atom. The lowest BCUT2D eigenvalue weighted by Crippen LogP contribution is -2.17. The van der Waals surface area contributed by atoms with E-state index in [9.17, 15) is 9.59 Å². The third-order valence-electron chi connectivity index (χ3n) is 5.56. The molecule has 0 aliphatic carbocycles. The van der Waals surface area contributed by atoms with Crippen molar-refractivity contribution in [3.63, 3.8) is 0 Å². The van der Waals surface area contributed by atoms with E-state index < -0.39 is 11.9 Å². The molecular weight excluding hydrogens is 432 g/mol. The van der Waals surface area contributed by atoms with Gasteiger partial charge in [0.2, 0.25) is 0 Å². The summed E-state index contributed by atoms with van der Waals surface area (Å²) in [5.41, 5.74) is 2.25. The van der Waals surface area contributed by atoms with E-state index in [1.54, 1.807) is 0 Å². The molecule has 6 nitrogen and oxygen atoms in total. The van der Waals surface area contributed by atoms with E-state index >= 15 is 0 Å². The maximum Gasteiger partial charge on any atom is 0.344 e. The quantitative estimate of drug-likeness (QED) is 0.249. The summed E-state index contributed by atoms with van der Waals surface area (Å²) in [4.78, 5) is 24.4. The molecule has 182 valence electrons. The molecule has 3 rings (SSSR count). The highest BCUT2D eigenvalue weighted by atomic mass is 16.6. The average molecular weight is 467 g/mol. The van der Waals surface area contributed by atoms with Crippen LogP contribution in [-0.2, 0) is 31.9 Å². The van der Waals surface area contributed by atoms with Crippen LogP contribution in [0.2, 0.25) is 0 Å². The number of carbonyl (C=O) groups is 2. The molecule has 0 aliphatic rings. The SMILES string of the molecule is CCCOC(=O)COc1c2ccccc2c(OCC(=O)OCCC)c2c(CC)cc(CC)cc12. The molecule has 3 aromatic carbocycles. The molecule has 0 spiro atoms. The summed E-state index contributed by atoms with van der Waals surface area (Å²) in [7, 11) is 0. The molecule has 0 saturated heterocycles. The number of aryl methyl sites for hydroxylation is 2. The van der Waals surface area contributed by atoms with Crippen molar-refractivity contribution in [3.8, 4) is 11.5 Å². The number of rotatable bonds is 12. The van der Waals surface area contributed by atoms with Crippen LogP contribution in [0.3, 0.4) is 0 Å². The third-order valence-corrected chi connectivity index (χ3v) is 5.56. The molecule has 0 amide bonds. The molecule has 0 heterocycles. The first-order valence-corrected chi connectivity index (χ1v) is 12.1. The molecule has 34 heavy (non-hydrogen) atoms. The zero-order valence-electron chi connectivity index (χ0n) is 20.6. The Kier molecular flexibility index (Phi) is 9.14. The van der Waals surface area contributed by atoms with Crippen LogP contribution < -0.4 is 9.47 Å². The average Bonchev–Trinajstić information content (AvgIpc) is 2.87. The summed E-state index contributed by atoms with van der Waals surface area (Å²) in [5.74, 6) is 0.436. The van der Waals surface area contributed by atoms with Crippen molar-refractivity contribution in [2.75, 3.05) is 26.4 Å². The minimum absolute atomic E-state index is 0.179. The lowest BCUT2D eigenvalue weighted by molar-refractivity contribution is -0.146. The van der Waals surface area contributed by atoms with Crippen LogP contribution in [0.15, 0.2) is 36.4 Å². The van der Waals surface area contributed by atoms with Gasteiger partial charge < -0.3 is 18.9 Å². The van der Waals surface area contributed by atoms with E-state index in [1.165, 1.54) is 0 Å². The van der Waals surface area contributed by atoms with Crippen molar-refractivity contribution in [3.05, 3.63) is 47.5 Å². The first kappa shape index (κ1) is 25.3. The van der Waals surface area contributed by atoms with Crippen molar-refractivity contribution in [1.29, 1.82) is 0 Å². The molecule has 0 fully saturated rings. The normalized spacial score (nSPS) is 10.9. The fourth-order valence-corrected chi connectivity index (χ4v) is 3.94. The second-order valence-corrected chi connectivity index (χ2v) is 8.11. The molecule has 0 aliphatic heterocycles. The van der Waals surface area contributed by atoms with Gasteiger partial charge in [-0.1, -0.05) is 58.0 Å². The van der Waals surface area contributed by atoms with Gasteiger partial charge in [-0.05, 0) is 42.9 Å². The topological polar surface area (TPSA) is 71.1 Å². The molecule has 0 unspecified atom stereocenters. The Balaban J connectivity index is 2.16. The first-order chi connectivity index (χ1) is 16.5. The zero-order chi connectivity index (χ0) is 24.5. The third kappa shape index (κ3) is 5.79. The predicted octanol–water partition coefficient (Wildman–Crippen LogP) is 5.78. The minimum atomic E-state index is -0.402. The van der Waals surface area contributed by atoms with Crippen molar-refractivity contribution in [2.24, 2.45) is 0 Å². The van der Waals surface area contributed by atoms with Crippen molar-refractivity contribution >= 4 is 33.5 Å². The van der Waals surface area contributed by atoms with Crippen molar-refractivity contribution in [1.82, 2.24) is 0 Å². The van der Waals surface area contributed by atoms with Gasteiger partial charge in [-0.25, -0.2) is 9.59 Å². The first-order valence-electron chi connectivity index (χ1n) is 12.1. The Hall–Kier alpha value is -3.28. The number of hydrogen-bond donors (Lipinski definition) is 0. The van der Waals surface area contributed by atoms with E-state index in [0.29, 0.717) is 24.7 Å². The van der Waals surface area contributed by atoms with E-state index in [0.717, 1.165) is 58.4 Å². The second kappa shape index (κ2) is 12.3. The Labute approximate surface area is 201 Å². The van der Waals surface area contributed by atoms with Crippen LogP contribution >= 0.6 is 0 Å². The number of esters is 2. The van der Waals surface area contributed by atoms with Gasteiger partial charge in [0.15, 0.2) is 13.2 Å². The van der Waals surface area contributed by atoms with E-state index in [4.69, 9.17) is 18.9 Å². The van der Waals surface area contributed by atoms with Gasteiger partial charge in [0, 0.05) is 21.5 Å². The molecule has 0 saturated carbocycles. The molecule has 3 aromatic rings. The van der Waals surface area contributed by atoms with Gasteiger partial charge in [0.25, 0.3) is 0 Å². The van der Waals surface area contributed by atoms with Crippen LogP contribution in [0.4, 0.5) is 0 Å². The molecule has 0 atom stereocenters. The molecule has 0 aromatic heterocycles. The van der Waals surface area contributed by atoms with Crippen molar-refractivity contribution in [2.45, 2.75) is 53.4 Å². The van der Waals surface area contributed by atoms with Crippen LogP contribution in [0.25, 0.3) is 21.5 Å². The number of hydrogen-bond acceptors (Lipinski definition) is 6. The maximum atomic E-state index is 12.2. The number of ether oxygens (including phenoxy) is 4. The number of fused-ring (bicyclic) bond motifs is 2. The highest BCUT2D eigenvalue weighted by Gasteiger charge is 2.21. The van der Waals surface area contributed by atoms with Gasteiger partial charge in [0.05, 0.1) is 13.2 Å². The number of benzene rings is 3. The monoisotopic (exact) mass is 466 g/mol. The van der Waals surface area contributed by atoms with Crippen LogP contribution in [-0.4, -0.2) is 38.4 Å². The summed E-state index contributed by atoms with van der Waals surface area (Å²) in [6, 6.07) is 12.0. The summed E-state index contributed by atoms with van der Waals surface area (Å²) in [5, 5.41) is 3.37. The maximum absolute atomic E-state index is 12.2. The predicted molar refractivity (Wildman–Crippen MR) is 134 cm³/mol. The fourth-order valence-electron chi connectivity index (χ4n) is 3.94. The largest absolute Gasteiger partial charge is 0.481 e. The fraction of sp³-hybridized carbons (Fsp3) is 0.429. The van der Waals surface area contributed by atoms with E-state index in [1.807, 2.05) is 38.1 Å². The lowest BCUT2D eigenvalue weighted by Gasteiger charge is -2.20. The molecular formula is C28H34O6. The molecule has 0 N–H and O–H groups in total. The standard InChI is InChI=1S/C28H34O6/c1-5-13-31-24(29)17-33-27-21-11-9-10-12-22(21)28(34-18-25(30)32-14-6-2)26-20(8-4)15-19(7-3)16-23(26)27/h9-12,15-16H,5-8,13-14,17-18H2,1-4H3. The highest BCUT2D eigenvalue weighted by molar-refractivity contribution is 6.12. The Morgan fingerprint density at radius 1 is 0.706 bits per heavy atom. The second-order valence-electron chi connectivity index (χ2n) is 8.11. The zero-order valence-corrected chi connectivity index (χ0v) is 20.6. The van der Waals surface area contributed by atoms with Crippen LogP contribution in [0.5, 0.6) is 11.5 Å². The highest BCUT2D eigenvalue weighted by Crippen LogP contribution is 2.45. The van der Waals surface area contributed by atoms with Gasteiger partial charge in [0.1, 0.15) is 11.5 Å². The minimum Gasteiger partial charge on any atom is -0.481 e. The Morgan fingerprint density at radius 2 is 1.26 bits per heavy atom. The van der Waals surface area contributed by atoms with Gasteiger partial charge in [-0.2, -0.15) is 0 Å². The van der Waals surface area contributed by atoms with Gasteiger partial charge >= 0.3 is 11.9 Å². The summed E-state index contributed by atoms with van der Waals surface area (Å²) >= 11 is 0. The molecule has 0 radical (unpaired) electrons. The van der Waals surface area contributed by atoms with E-state index in [2.05, 4.69) is 26.0 Å². The summed E-state index contributed by atoms with van der Waals surface area (Å²) < 4.78 is 22.6.